The monoisotopic (exact) mass is 413 g/mol. The molecule has 152 valence electrons. The summed E-state index contributed by atoms with van der Waals surface area (Å²) < 4.78 is 13.1. The quantitative estimate of drug-likeness (QED) is 0.545. The number of nitrogens with one attached hydrogen (secondary N) is 1. The summed E-state index contributed by atoms with van der Waals surface area (Å²) in [5, 5.41) is 3.30. The number of imidazole rings is 1. The van der Waals surface area contributed by atoms with Gasteiger partial charge in [-0.05, 0) is 56.7 Å². The van der Waals surface area contributed by atoms with Gasteiger partial charge in [0.1, 0.15) is 5.65 Å². The molecule has 0 bridgehead atoms. The number of carbonyl (C=O) groups excluding carboxylic acids is 1. The van der Waals surface area contributed by atoms with Crippen molar-refractivity contribution in [1.82, 2.24) is 14.7 Å². The fourth-order valence-corrected chi connectivity index (χ4v) is 3.21. The minimum Gasteiger partial charge on any atom is -0.490 e. The molecule has 0 aliphatic rings. The summed E-state index contributed by atoms with van der Waals surface area (Å²) >= 11 is 6.20. The van der Waals surface area contributed by atoms with Crippen LogP contribution >= 0.6 is 11.6 Å². The van der Waals surface area contributed by atoms with E-state index in [1.54, 1.807) is 6.08 Å². The molecule has 29 heavy (non-hydrogen) atoms. The predicted octanol–water partition coefficient (Wildman–Crippen LogP) is 4.68. The lowest BCUT2D eigenvalue weighted by atomic mass is 10.1. The average Bonchev–Trinajstić information content (AvgIpc) is 3.03. The van der Waals surface area contributed by atoms with Crippen LogP contribution in [0.3, 0.4) is 0 Å². The number of hydrogen-bond donors (Lipinski definition) is 1. The molecule has 0 radical (unpaired) electrons. The van der Waals surface area contributed by atoms with Crippen LogP contribution in [0.1, 0.15) is 38.1 Å². The maximum Gasteiger partial charge on any atom is 0.244 e. The van der Waals surface area contributed by atoms with E-state index in [9.17, 15) is 4.79 Å². The van der Waals surface area contributed by atoms with Gasteiger partial charge in [-0.3, -0.25) is 9.20 Å². The molecule has 3 aromatic rings. The van der Waals surface area contributed by atoms with E-state index in [0.717, 1.165) is 11.2 Å². The van der Waals surface area contributed by atoms with Crippen LogP contribution in [-0.4, -0.2) is 28.5 Å². The third-order valence-electron chi connectivity index (χ3n) is 4.34. The zero-order valence-electron chi connectivity index (χ0n) is 16.7. The number of ether oxygens (including phenoxy) is 2. The number of nitrogens with zero attached hydrogens (tertiary/aromatic N) is 2. The second-order valence-corrected chi connectivity index (χ2v) is 6.71. The molecular weight excluding hydrogens is 390 g/mol. The van der Waals surface area contributed by atoms with Crippen LogP contribution in [0.5, 0.6) is 11.5 Å². The molecule has 0 spiro atoms. The van der Waals surface area contributed by atoms with Crippen LogP contribution in [0.2, 0.25) is 5.15 Å². The van der Waals surface area contributed by atoms with Crippen LogP contribution in [0.4, 0.5) is 0 Å². The molecule has 3 rings (SSSR count). The van der Waals surface area contributed by atoms with E-state index in [0.29, 0.717) is 35.6 Å². The molecule has 7 heteroatoms. The highest BCUT2D eigenvalue weighted by atomic mass is 35.5. The highest BCUT2D eigenvalue weighted by molar-refractivity contribution is 6.31. The zero-order valence-corrected chi connectivity index (χ0v) is 17.4. The number of rotatable bonds is 8. The summed E-state index contributed by atoms with van der Waals surface area (Å²) in [6, 6.07) is 11.1. The minimum atomic E-state index is -0.230. The lowest BCUT2D eigenvalue weighted by molar-refractivity contribution is -0.117. The van der Waals surface area contributed by atoms with Gasteiger partial charge in [-0.15, -0.1) is 0 Å². The van der Waals surface area contributed by atoms with E-state index in [4.69, 9.17) is 21.1 Å². The first-order chi connectivity index (χ1) is 14.0. The van der Waals surface area contributed by atoms with E-state index >= 15 is 0 Å². The number of amides is 1. The van der Waals surface area contributed by atoms with Crippen molar-refractivity contribution in [3.8, 4) is 11.5 Å². The van der Waals surface area contributed by atoms with Crippen molar-refractivity contribution < 1.29 is 14.3 Å². The van der Waals surface area contributed by atoms with Gasteiger partial charge in [0.25, 0.3) is 0 Å². The zero-order chi connectivity index (χ0) is 20.8. The molecule has 1 amide bonds. The van der Waals surface area contributed by atoms with Crippen molar-refractivity contribution >= 4 is 29.2 Å². The van der Waals surface area contributed by atoms with Crippen molar-refractivity contribution in [2.75, 3.05) is 13.2 Å². The fourth-order valence-electron chi connectivity index (χ4n) is 2.97. The molecule has 1 atom stereocenters. The lowest BCUT2D eigenvalue weighted by Crippen LogP contribution is -2.24. The summed E-state index contributed by atoms with van der Waals surface area (Å²) in [5.41, 5.74) is 2.31. The topological polar surface area (TPSA) is 64.9 Å². The van der Waals surface area contributed by atoms with Gasteiger partial charge in [-0.25, -0.2) is 4.98 Å². The number of pyridine rings is 1. The van der Waals surface area contributed by atoms with Gasteiger partial charge in [0.2, 0.25) is 5.91 Å². The Kier molecular flexibility index (Phi) is 6.77. The first-order valence-corrected chi connectivity index (χ1v) is 9.92. The molecule has 1 aromatic carbocycles. The highest BCUT2D eigenvalue weighted by Crippen LogP contribution is 2.30. The van der Waals surface area contributed by atoms with Gasteiger partial charge in [0.15, 0.2) is 16.7 Å². The molecule has 0 aliphatic carbocycles. The second-order valence-electron chi connectivity index (χ2n) is 6.35. The van der Waals surface area contributed by atoms with Gasteiger partial charge in [-0.1, -0.05) is 23.7 Å². The Bertz CT molecular complexity index is 1030. The Balaban J connectivity index is 1.72. The van der Waals surface area contributed by atoms with Crippen LogP contribution in [0.25, 0.3) is 11.7 Å². The van der Waals surface area contributed by atoms with Crippen molar-refractivity contribution in [3.05, 3.63) is 65.1 Å². The largest absolute Gasteiger partial charge is 0.490 e. The average molecular weight is 414 g/mol. The van der Waals surface area contributed by atoms with E-state index in [1.807, 2.05) is 67.8 Å². The Hall–Kier alpha value is -2.99. The SMILES string of the molecule is CCOc1ccc([C@H](C)NC(=O)/C=C/c2c(Cl)nc3ccccn23)cc1OCC. The number of benzene rings is 1. The molecule has 0 saturated heterocycles. The molecule has 6 nitrogen and oxygen atoms in total. The Morgan fingerprint density at radius 3 is 2.72 bits per heavy atom. The van der Waals surface area contributed by atoms with Crippen LogP contribution in [0, 0.1) is 0 Å². The van der Waals surface area contributed by atoms with E-state index in [-0.39, 0.29) is 11.9 Å². The minimum absolute atomic E-state index is 0.209. The summed E-state index contributed by atoms with van der Waals surface area (Å²) in [6.07, 6.45) is 4.97. The third-order valence-corrected chi connectivity index (χ3v) is 4.62. The normalized spacial score (nSPS) is 12.3. The Morgan fingerprint density at radius 2 is 1.97 bits per heavy atom. The maximum atomic E-state index is 12.4. The number of halogens is 1. The Labute approximate surface area is 175 Å². The Morgan fingerprint density at radius 1 is 1.21 bits per heavy atom. The van der Waals surface area contributed by atoms with Crippen LogP contribution < -0.4 is 14.8 Å². The standard InChI is InChI=1S/C22H24ClN3O3/c1-4-28-18-11-9-16(14-19(18)29-5-2)15(3)24-21(27)12-10-17-22(23)25-20-8-6-7-13-26(17)20/h6-15H,4-5H2,1-3H3,(H,24,27)/b12-10+/t15-/m0/s1. The first-order valence-electron chi connectivity index (χ1n) is 9.54. The number of aromatic nitrogens is 2. The highest BCUT2D eigenvalue weighted by Gasteiger charge is 2.13. The van der Waals surface area contributed by atoms with E-state index in [1.165, 1.54) is 6.08 Å². The van der Waals surface area contributed by atoms with Gasteiger partial charge < -0.3 is 14.8 Å². The van der Waals surface area contributed by atoms with Crippen LogP contribution in [0.15, 0.2) is 48.7 Å². The molecule has 0 unspecified atom stereocenters. The predicted molar refractivity (Wildman–Crippen MR) is 115 cm³/mol. The summed E-state index contributed by atoms with van der Waals surface area (Å²) in [7, 11) is 0. The van der Waals surface area contributed by atoms with E-state index < -0.39 is 0 Å². The number of carbonyl (C=O) groups is 1. The van der Waals surface area contributed by atoms with Gasteiger partial charge >= 0.3 is 0 Å². The lowest BCUT2D eigenvalue weighted by Gasteiger charge is -2.17. The molecule has 0 saturated carbocycles. The van der Waals surface area contributed by atoms with Crippen molar-refractivity contribution in [3.63, 3.8) is 0 Å². The molecule has 1 N–H and O–H groups in total. The van der Waals surface area contributed by atoms with Crippen molar-refractivity contribution in [2.45, 2.75) is 26.8 Å². The summed E-state index contributed by atoms with van der Waals surface area (Å²) in [5.74, 6) is 1.13. The molecule has 0 aliphatic heterocycles. The van der Waals surface area contributed by atoms with Gasteiger partial charge in [0, 0.05) is 12.3 Å². The van der Waals surface area contributed by atoms with E-state index in [2.05, 4.69) is 10.3 Å². The third kappa shape index (κ3) is 4.90. The fraction of sp³-hybridized carbons (Fsp3) is 0.273. The van der Waals surface area contributed by atoms with Gasteiger partial charge in [-0.2, -0.15) is 0 Å². The first kappa shape index (κ1) is 20.7. The van der Waals surface area contributed by atoms with Crippen molar-refractivity contribution in [2.24, 2.45) is 0 Å². The molecule has 2 heterocycles. The van der Waals surface area contributed by atoms with Gasteiger partial charge in [0.05, 0.1) is 24.9 Å². The molecule has 2 aromatic heterocycles. The summed E-state index contributed by atoms with van der Waals surface area (Å²) in [4.78, 5) is 16.7. The van der Waals surface area contributed by atoms with Crippen molar-refractivity contribution in [1.29, 1.82) is 0 Å². The smallest absolute Gasteiger partial charge is 0.244 e. The number of hydrogen-bond acceptors (Lipinski definition) is 4. The number of fused-ring (bicyclic) bond motifs is 1. The summed E-state index contributed by atoms with van der Waals surface area (Å²) in [6.45, 7) is 6.85. The maximum absolute atomic E-state index is 12.4. The molecular formula is C22H24ClN3O3. The van der Waals surface area contributed by atoms with Crippen LogP contribution in [-0.2, 0) is 4.79 Å². The molecule has 0 fully saturated rings. The second kappa shape index (κ2) is 9.47.